The number of unbranched alkanes of at least 4 members (excludes halogenated alkanes) is 1. The van der Waals surface area contributed by atoms with Gasteiger partial charge in [-0.2, -0.15) is 0 Å². The average molecular weight is 204 g/mol. The van der Waals surface area contributed by atoms with E-state index in [2.05, 4.69) is 11.9 Å². The highest BCUT2D eigenvalue weighted by molar-refractivity contribution is 5.72. The smallest absolute Gasteiger partial charge is 0.212 e. The summed E-state index contributed by atoms with van der Waals surface area (Å²) < 4.78 is 5.59. The maximum Gasteiger partial charge on any atom is 0.212 e. The lowest BCUT2D eigenvalue weighted by Gasteiger charge is -2.04. The Morgan fingerprint density at radius 1 is 1.40 bits per heavy atom. The average Bonchev–Trinajstić information content (AvgIpc) is 2.69. The maximum atomic E-state index is 5.99. The van der Waals surface area contributed by atoms with Gasteiger partial charge in [-0.1, -0.05) is 31.9 Å². The molecule has 2 rings (SSSR count). The highest BCUT2D eigenvalue weighted by Gasteiger charge is 2.12. The van der Waals surface area contributed by atoms with E-state index in [0.29, 0.717) is 5.89 Å². The Bertz CT molecular complexity index is 403. The van der Waals surface area contributed by atoms with Crippen molar-refractivity contribution in [3.8, 4) is 0 Å². The van der Waals surface area contributed by atoms with Gasteiger partial charge in [0.15, 0.2) is 5.58 Å². The zero-order valence-corrected chi connectivity index (χ0v) is 8.94. The molecule has 0 aliphatic carbocycles. The van der Waals surface area contributed by atoms with Gasteiger partial charge in [0.05, 0.1) is 6.04 Å². The van der Waals surface area contributed by atoms with Gasteiger partial charge in [0.2, 0.25) is 5.89 Å². The van der Waals surface area contributed by atoms with Gasteiger partial charge >= 0.3 is 0 Å². The van der Waals surface area contributed by atoms with Crippen LogP contribution in [0.15, 0.2) is 28.7 Å². The Balaban J connectivity index is 2.20. The number of hydrogen-bond donors (Lipinski definition) is 1. The van der Waals surface area contributed by atoms with E-state index in [1.54, 1.807) is 0 Å². The molecule has 0 radical (unpaired) electrons. The van der Waals surface area contributed by atoms with Crippen molar-refractivity contribution in [1.82, 2.24) is 4.98 Å². The highest BCUT2D eigenvalue weighted by atomic mass is 16.3. The first-order chi connectivity index (χ1) is 7.31. The van der Waals surface area contributed by atoms with Crippen LogP contribution >= 0.6 is 0 Å². The van der Waals surface area contributed by atoms with E-state index >= 15 is 0 Å². The topological polar surface area (TPSA) is 52.0 Å². The fourth-order valence-corrected chi connectivity index (χ4v) is 1.60. The third-order valence-electron chi connectivity index (χ3n) is 2.50. The lowest BCUT2D eigenvalue weighted by Crippen LogP contribution is -2.10. The SMILES string of the molecule is CCCCC(N)c1nc2ccccc2o1. The summed E-state index contributed by atoms with van der Waals surface area (Å²) in [6.07, 6.45) is 3.19. The normalized spacial score (nSPS) is 13.2. The summed E-state index contributed by atoms with van der Waals surface area (Å²) in [4.78, 5) is 4.37. The summed E-state index contributed by atoms with van der Waals surface area (Å²) in [7, 11) is 0. The van der Waals surface area contributed by atoms with Crippen LogP contribution in [-0.4, -0.2) is 4.98 Å². The van der Waals surface area contributed by atoms with E-state index in [9.17, 15) is 0 Å². The zero-order chi connectivity index (χ0) is 10.7. The fourth-order valence-electron chi connectivity index (χ4n) is 1.60. The maximum absolute atomic E-state index is 5.99. The number of para-hydroxylation sites is 2. The Hall–Kier alpha value is -1.35. The van der Waals surface area contributed by atoms with Crippen molar-refractivity contribution in [3.63, 3.8) is 0 Å². The zero-order valence-electron chi connectivity index (χ0n) is 8.94. The summed E-state index contributed by atoms with van der Waals surface area (Å²) in [6.45, 7) is 2.15. The molecule has 0 aliphatic heterocycles. The molecule has 0 fully saturated rings. The molecule has 1 heterocycles. The fraction of sp³-hybridized carbons (Fsp3) is 0.417. The van der Waals surface area contributed by atoms with Gasteiger partial charge in [0, 0.05) is 0 Å². The van der Waals surface area contributed by atoms with Gasteiger partial charge in [-0.25, -0.2) is 4.98 Å². The number of hydrogen-bond acceptors (Lipinski definition) is 3. The van der Waals surface area contributed by atoms with Crippen LogP contribution in [0, 0.1) is 0 Å². The number of nitrogens with zero attached hydrogens (tertiary/aromatic N) is 1. The molecule has 0 aliphatic rings. The number of rotatable bonds is 4. The van der Waals surface area contributed by atoms with Crippen LogP contribution < -0.4 is 5.73 Å². The number of nitrogens with two attached hydrogens (primary N) is 1. The van der Waals surface area contributed by atoms with E-state index < -0.39 is 0 Å². The van der Waals surface area contributed by atoms with Crippen LogP contribution in [0.3, 0.4) is 0 Å². The van der Waals surface area contributed by atoms with Crippen LogP contribution in [0.25, 0.3) is 11.1 Å². The molecule has 0 saturated carbocycles. The minimum atomic E-state index is -0.0719. The highest BCUT2D eigenvalue weighted by Crippen LogP contribution is 2.21. The first-order valence-electron chi connectivity index (χ1n) is 5.42. The van der Waals surface area contributed by atoms with Crippen molar-refractivity contribution in [2.45, 2.75) is 32.2 Å². The molecule has 0 amide bonds. The molecule has 15 heavy (non-hydrogen) atoms. The predicted molar refractivity (Wildman–Crippen MR) is 60.5 cm³/mol. The van der Waals surface area contributed by atoms with Gasteiger partial charge in [-0.3, -0.25) is 0 Å². The van der Waals surface area contributed by atoms with Gasteiger partial charge in [0.1, 0.15) is 5.52 Å². The largest absolute Gasteiger partial charge is 0.439 e. The molecule has 1 aromatic heterocycles. The lowest BCUT2D eigenvalue weighted by atomic mass is 10.1. The van der Waals surface area contributed by atoms with E-state index in [-0.39, 0.29) is 6.04 Å². The van der Waals surface area contributed by atoms with Crippen molar-refractivity contribution in [2.75, 3.05) is 0 Å². The number of aromatic nitrogens is 1. The molecule has 1 unspecified atom stereocenters. The van der Waals surface area contributed by atoms with Gasteiger partial charge in [-0.15, -0.1) is 0 Å². The summed E-state index contributed by atoms with van der Waals surface area (Å²) in [5.41, 5.74) is 7.70. The summed E-state index contributed by atoms with van der Waals surface area (Å²) in [5, 5.41) is 0. The molecule has 3 heteroatoms. The van der Waals surface area contributed by atoms with Gasteiger partial charge < -0.3 is 10.2 Å². The quantitative estimate of drug-likeness (QED) is 0.832. The molecule has 1 aromatic carbocycles. The van der Waals surface area contributed by atoms with Crippen LogP contribution in [0.1, 0.15) is 38.1 Å². The summed E-state index contributed by atoms with van der Waals surface area (Å²) in [5.74, 6) is 0.657. The molecule has 2 N–H and O–H groups in total. The third kappa shape index (κ3) is 2.18. The molecular formula is C12H16N2O. The van der Waals surface area contributed by atoms with Crippen LogP contribution in [-0.2, 0) is 0 Å². The standard InChI is InChI=1S/C12H16N2O/c1-2-3-6-9(13)12-14-10-7-4-5-8-11(10)15-12/h4-5,7-9H,2-3,6,13H2,1H3. The number of benzene rings is 1. The van der Waals surface area contributed by atoms with E-state index in [4.69, 9.17) is 10.2 Å². The van der Waals surface area contributed by atoms with Crippen molar-refractivity contribution in [2.24, 2.45) is 5.73 Å². The van der Waals surface area contributed by atoms with Crippen molar-refractivity contribution in [1.29, 1.82) is 0 Å². The molecule has 0 saturated heterocycles. The second-order valence-corrected chi connectivity index (χ2v) is 3.77. The third-order valence-corrected chi connectivity index (χ3v) is 2.50. The predicted octanol–water partition coefficient (Wildman–Crippen LogP) is 3.02. The van der Waals surface area contributed by atoms with E-state index in [1.807, 2.05) is 24.3 Å². The Labute approximate surface area is 89.3 Å². The monoisotopic (exact) mass is 204 g/mol. The van der Waals surface area contributed by atoms with Crippen LogP contribution in [0.5, 0.6) is 0 Å². The van der Waals surface area contributed by atoms with Crippen LogP contribution in [0.2, 0.25) is 0 Å². The summed E-state index contributed by atoms with van der Waals surface area (Å²) in [6, 6.07) is 7.67. The minimum Gasteiger partial charge on any atom is -0.439 e. The molecule has 80 valence electrons. The van der Waals surface area contributed by atoms with E-state index in [0.717, 1.165) is 30.4 Å². The summed E-state index contributed by atoms with van der Waals surface area (Å²) >= 11 is 0. The Morgan fingerprint density at radius 2 is 2.20 bits per heavy atom. The molecule has 1 atom stereocenters. The minimum absolute atomic E-state index is 0.0719. The second-order valence-electron chi connectivity index (χ2n) is 3.77. The van der Waals surface area contributed by atoms with Crippen molar-refractivity contribution >= 4 is 11.1 Å². The number of fused-ring (bicyclic) bond motifs is 1. The van der Waals surface area contributed by atoms with Crippen molar-refractivity contribution in [3.05, 3.63) is 30.2 Å². The number of oxazole rings is 1. The van der Waals surface area contributed by atoms with Crippen LogP contribution in [0.4, 0.5) is 0 Å². The van der Waals surface area contributed by atoms with Gasteiger partial charge in [-0.05, 0) is 18.6 Å². The van der Waals surface area contributed by atoms with Gasteiger partial charge in [0.25, 0.3) is 0 Å². The lowest BCUT2D eigenvalue weighted by molar-refractivity contribution is 0.450. The molecular weight excluding hydrogens is 188 g/mol. The second kappa shape index (κ2) is 4.45. The Kier molecular flexibility index (Phi) is 3.02. The molecule has 2 aromatic rings. The molecule has 3 nitrogen and oxygen atoms in total. The first kappa shape index (κ1) is 10.2. The first-order valence-corrected chi connectivity index (χ1v) is 5.42. The molecule has 0 bridgehead atoms. The van der Waals surface area contributed by atoms with Crippen molar-refractivity contribution < 1.29 is 4.42 Å². The van der Waals surface area contributed by atoms with E-state index in [1.165, 1.54) is 0 Å². The Morgan fingerprint density at radius 3 is 2.93 bits per heavy atom. The molecule has 0 spiro atoms.